The van der Waals surface area contributed by atoms with Gasteiger partial charge in [-0.05, 0) is 45.6 Å². The van der Waals surface area contributed by atoms with E-state index in [0.29, 0.717) is 6.04 Å². The number of nitrogens with zero attached hydrogens (tertiary/aromatic N) is 1. The molecule has 1 nitrogen and oxygen atoms in total. The molecule has 0 bridgehead atoms. The molecule has 0 saturated carbocycles. The van der Waals surface area contributed by atoms with Crippen LogP contribution < -0.4 is 0 Å². The van der Waals surface area contributed by atoms with Crippen molar-refractivity contribution in [2.75, 3.05) is 19.0 Å². The van der Waals surface area contributed by atoms with E-state index in [-0.39, 0.29) is 0 Å². The Labute approximate surface area is 81.1 Å². The maximum absolute atomic E-state index is 5.74. The van der Waals surface area contributed by atoms with Gasteiger partial charge in [0.1, 0.15) is 0 Å². The zero-order valence-electron chi connectivity index (χ0n) is 8.22. The summed E-state index contributed by atoms with van der Waals surface area (Å²) < 4.78 is 0. The van der Waals surface area contributed by atoms with Crippen molar-refractivity contribution in [1.82, 2.24) is 4.90 Å². The monoisotopic (exact) mass is 189 g/mol. The van der Waals surface area contributed by atoms with Crippen molar-refractivity contribution in [2.24, 2.45) is 5.92 Å². The number of hydrogen-bond acceptors (Lipinski definition) is 1. The van der Waals surface area contributed by atoms with Gasteiger partial charge in [0, 0.05) is 18.5 Å². The number of alkyl halides is 1. The van der Waals surface area contributed by atoms with Crippen LogP contribution in [0.4, 0.5) is 0 Å². The Kier molecular flexibility index (Phi) is 4.38. The second-order valence-electron chi connectivity index (χ2n) is 4.07. The summed E-state index contributed by atoms with van der Waals surface area (Å²) in [4.78, 5) is 2.57. The molecule has 72 valence electrons. The van der Waals surface area contributed by atoms with E-state index in [0.717, 1.165) is 11.8 Å². The maximum atomic E-state index is 5.74. The molecule has 12 heavy (non-hydrogen) atoms. The molecule has 1 heterocycles. The SMILES string of the molecule is CC(C)N1CCCC(CCCl)C1. The van der Waals surface area contributed by atoms with E-state index in [1.165, 1.54) is 32.4 Å². The van der Waals surface area contributed by atoms with Gasteiger partial charge in [0.25, 0.3) is 0 Å². The van der Waals surface area contributed by atoms with Crippen LogP contribution in [0, 0.1) is 5.92 Å². The third kappa shape index (κ3) is 2.95. The van der Waals surface area contributed by atoms with Gasteiger partial charge in [0.05, 0.1) is 0 Å². The lowest BCUT2D eigenvalue weighted by molar-refractivity contribution is 0.138. The van der Waals surface area contributed by atoms with E-state index in [1.54, 1.807) is 0 Å². The van der Waals surface area contributed by atoms with Gasteiger partial charge in [-0.3, -0.25) is 0 Å². The molecule has 1 unspecified atom stereocenters. The number of halogens is 1. The summed E-state index contributed by atoms with van der Waals surface area (Å²) in [5.74, 6) is 1.69. The minimum atomic E-state index is 0.711. The summed E-state index contributed by atoms with van der Waals surface area (Å²) >= 11 is 5.74. The van der Waals surface area contributed by atoms with Crippen LogP contribution in [0.25, 0.3) is 0 Å². The minimum Gasteiger partial charge on any atom is -0.301 e. The molecule has 0 radical (unpaired) electrons. The fourth-order valence-corrected chi connectivity index (χ4v) is 2.26. The van der Waals surface area contributed by atoms with Gasteiger partial charge in [-0.2, -0.15) is 0 Å². The van der Waals surface area contributed by atoms with Crippen LogP contribution in [0.1, 0.15) is 33.1 Å². The molecule has 2 heteroatoms. The molecule has 0 spiro atoms. The van der Waals surface area contributed by atoms with E-state index >= 15 is 0 Å². The topological polar surface area (TPSA) is 3.24 Å². The molecule has 1 atom stereocenters. The van der Waals surface area contributed by atoms with Crippen LogP contribution in [0.3, 0.4) is 0 Å². The largest absolute Gasteiger partial charge is 0.301 e. The van der Waals surface area contributed by atoms with Crippen molar-refractivity contribution in [3.63, 3.8) is 0 Å². The highest BCUT2D eigenvalue weighted by molar-refractivity contribution is 6.17. The summed E-state index contributed by atoms with van der Waals surface area (Å²) in [5.41, 5.74) is 0. The smallest absolute Gasteiger partial charge is 0.0226 e. The predicted molar refractivity (Wildman–Crippen MR) is 54.8 cm³/mol. The second kappa shape index (κ2) is 5.08. The molecule has 0 aliphatic carbocycles. The predicted octanol–water partition coefficient (Wildman–Crippen LogP) is 2.74. The fourth-order valence-electron chi connectivity index (χ4n) is 1.96. The normalized spacial score (nSPS) is 26.5. The van der Waals surface area contributed by atoms with Gasteiger partial charge in [-0.25, -0.2) is 0 Å². The average Bonchev–Trinajstić information content (AvgIpc) is 2.05. The van der Waals surface area contributed by atoms with Crippen LogP contribution in [0.5, 0.6) is 0 Å². The zero-order valence-corrected chi connectivity index (χ0v) is 8.98. The van der Waals surface area contributed by atoms with Crippen molar-refractivity contribution in [3.8, 4) is 0 Å². The highest BCUT2D eigenvalue weighted by Gasteiger charge is 2.20. The standard InChI is InChI=1S/C10H20ClN/c1-9(2)12-7-3-4-10(8-12)5-6-11/h9-10H,3-8H2,1-2H3. The van der Waals surface area contributed by atoms with Gasteiger partial charge in [0.15, 0.2) is 0 Å². The van der Waals surface area contributed by atoms with Crippen molar-refractivity contribution in [2.45, 2.75) is 39.2 Å². The third-order valence-corrected chi connectivity index (χ3v) is 3.02. The molecule has 1 saturated heterocycles. The first-order valence-corrected chi connectivity index (χ1v) is 5.57. The minimum absolute atomic E-state index is 0.711. The van der Waals surface area contributed by atoms with Crippen molar-refractivity contribution in [1.29, 1.82) is 0 Å². The zero-order chi connectivity index (χ0) is 8.97. The van der Waals surface area contributed by atoms with Crippen molar-refractivity contribution in [3.05, 3.63) is 0 Å². The van der Waals surface area contributed by atoms with Gasteiger partial charge in [-0.15, -0.1) is 11.6 Å². The third-order valence-electron chi connectivity index (χ3n) is 2.80. The molecule has 0 aromatic carbocycles. The van der Waals surface area contributed by atoms with Crippen LogP contribution in [0.2, 0.25) is 0 Å². The molecule has 0 N–H and O–H groups in total. The van der Waals surface area contributed by atoms with Crippen LogP contribution >= 0.6 is 11.6 Å². The lowest BCUT2D eigenvalue weighted by Gasteiger charge is -2.35. The van der Waals surface area contributed by atoms with E-state index in [9.17, 15) is 0 Å². The van der Waals surface area contributed by atoms with E-state index in [4.69, 9.17) is 11.6 Å². The molecule has 0 aromatic heterocycles. The number of likely N-dealkylation sites (tertiary alicyclic amines) is 1. The Morgan fingerprint density at radius 2 is 2.25 bits per heavy atom. The molecule has 1 aliphatic heterocycles. The first-order chi connectivity index (χ1) is 5.74. The summed E-state index contributed by atoms with van der Waals surface area (Å²) in [7, 11) is 0. The van der Waals surface area contributed by atoms with Gasteiger partial charge in [-0.1, -0.05) is 0 Å². The first kappa shape index (κ1) is 10.3. The van der Waals surface area contributed by atoms with Gasteiger partial charge >= 0.3 is 0 Å². The Balaban J connectivity index is 2.30. The molecular weight excluding hydrogens is 170 g/mol. The summed E-state index contributed by atoms with van der Waals surface area (Å²) in [6, 6.07) is 0.711. The first-order valence-electron chi connectivity index (χ1n) is 5.04. The highest BCUT2D eigenvalue weighted by atomic mass is 35.5. The number of piperidine rings is 1. The number of hydrogen-bond donors (Lipinski definition) is 0. The van der Waals surface area contributed by atoms with Crippen molar-refractivity contribution < 1.29 is 0 Å². The Morgan fingerprint density at radius 3 is 2.83 bits per heavy atom. The Bertz CT molecular complexity index is 123. The summed E-state index contributed by atoms with van der Waals surface area (Å²) in [5, 5.41) is 0. The van der Waals surface area contributed by atoms with Crippen LogP contribution in [-0.2, 0) is 0 Å². The lowest BCUT2D eigenvalue weighted by atomic mass is 9.95. The van der Waals surface area contributed by atoms with Crippen LogP contribution in [-0.4, -0.2) is 29.9 Å². The second-order valence-corrected chi connectivity index (χ2v) is 4.45. The fraction of sp³-hybridized carbons (Fsp3) is 1.00. The van der Waals surface area contributed by atoms with Crippen molar-refractivity contribution >= 4 is 11.6 Å². The van der Waals surface area contributed by atoms with Crippen LogP contribution in [0.15, 0.2) is 0 Å². The van der Waals surface area contributed by atoms with E-state index < -0.39 is 0 Å². The quantitative estimate of drug-likeness (QED) is 0.618. The highest BCUT2D eigenvalue weighted by Crippen LogP contribution is 2.21. The molecule has 0 amide bonds. The Morgan fingerprint density at radius 1 is 1.50 bits per heavy atom. The maximum Gasteiger partial charge on any atom is 0.0226 e. The van der Waals surface area contributed by atoms with Gasteiger partial charge < -0.3 is 4.90 Å². The molecule has 1 fully saturated rings. The van der Waals surface area contributed by atoms with E-state index in [1.807, 2.05) is 0 Å². The summed E-state index contributed by atoms with van der Waals surface area (Å²) in [6.45, 7) is 7.12. The molecule has 1 rings (SSSR count). The van der Waals surface area contributed by atoms with E-state index in [2.05, 4.69) is 18.7 Å². The number of rotatable bonds is 3. The molecule has 1 aliphatic rings. The molecule has 0 aromatic rings. The lowest BCUT2D eigenvalue weighted by Crippen LogP contribution is -2.40. The molecular formula is C10H20ClN. The Hall–Kier alpha value is 0.250. The summed E-state index contributed by atoms with van der Waals surface area (Å²) in [6.07, 6.45) is 3.94. The van der Waals surface area contributed by atoms with Gasteiger partial charge in [0.2, 0.25) is 0 Å². The average molecular weight is 190 g/mol.